The number of fused-ring (bicyclic) bond motifs is 5. The smallest absolute Gasteiger partial charge is 0.213 e. The molecule has 3 saturated carbocycles. The molecule has 0 amide bonds. The van der Waals surface area contributed by atoms with Crippen LogP contribution >= 0.6 is 0 Å². The van der Waals surface area contributed by atoms with Crippen molar-refractivity contribution in [2.45, 2.75) is 118 Å². The number of rotatable bonds is 13. The minimum atomic E-state index is -0.919. The summed E-state index contributed by atoms with van der Waals surface area (Å²) < 4.78 is 6.07. The summed E-state index contributed by atoms with van der Waals surface area (Å²) in [7, 11) is 1.98. The topological polar surface area (TPSA) is 65.0 Å². The van der Waals surface area contributed by atoms with Crippen LogP contribution in [-0.4, -0.2) is 60.9 Å². The van der Waals surface area contributed by atoms with Gasteiger partial charge < -0.3 is 19.8 Å². The van der Waals surface area contributed by atoms with Gasteiger partial charge in [-0.05, 0) is 105 Å². The number of ether oxygens (including phenoxy) is 1. The van der Waals surface area contributed by atoms with Crippen LogP contribution in [0.3, 0.4) is 0 Å². The molecule has 4 rings (SSSR count). The summed E-state index contributed by atoms with van der Waals surface area (Å²) in [6, 6.07) is 0. The number of allylic oxidation sites excluding steroid dienone is 1. The van der Waals surface area contributed by atoms with Crippen LogP contribution in [0.4, 0.5) is 0 Å². The predicted molar refractivity (Wildman–Crippen MR) is 157 cm³/mol. The molecule has 38 heavy (non-hydrogen) atoms. The quantitative estimate of drug-likeness (QED) is 0.195. The highest BCUT2D eigenvalue weighted by molar-refractivity contribution is 5.25. The molecule has 220 valence electrons. The van der Waals surface area contributed by atoms with Crippen molar-refractivity contribution in [3.8, 4) is 0 Å². The zero-order chi connectivity index (χ0) is 27.5. The van der Waals surface area contributed by atoms with Crippen LogP contribution in [-0.2, 0) is 4.74 Å². The third-order valence-corrected chi connectivity index (χ3v) is 11.9. The van der Waals surface area contributed by atoms with Gasteiger partial charge in [-0.25, -0.2) is 0 Å². The Bertz CT molecular complexity index is 786. The maximum Gasteiger partial charge on any atom is 0.213 e. The lowest BCUT2D eigenvalue weighted by molar-refractivity contribution is -0.165. The molecule has 3 fully saturated rings. The fourth-order valence-corrected chi connectivity index (χ4v) is 9.66. The molecule has 0 aromatic heterocycles. The molecular formula is C33H60N2O3. The first-order valence-corrected chi connectivity index (χ1v) is 16.1. The second-order valence-electron chi connectivity index (χ2n) is 14.6. The molecule has 0 bridgehead atoms. The standard InChI is InChI=1S/C33H60N2O3/c1-23(2)8-7-9-24(3)28-12-13-29-27-11-10-25-22-26(38-31(37)34-18-19-35(6)20-21-36)14-16-32(25,4)30(27)15-17-33(28,29)5/h10,23-24,26-31,34,36-37H,7-9,11-22H2,1-6H3/t24-,26+,27?,28-,29+,30+,31?,32+,33-/m1/s1. The normalized spacial score (nSPS) is 38.5. The third kappa shape index (κ3) is 6.54. The van der Waals surface area contributed by atoms with Gasteiger partial charge in [-0.2, -0.15) is 0 Å². The van der Waals surface area contributed by atoms with Crippen LogP contribution in [0, 0.1) is 46.3 Å². The highest BCUT2D eigenvalue weighted by Crippen LogP contribution is 2.67. The Balaban J connectivity index is 1.33. The number of nitrogens with one attached hydrogen (secondary N) is 1. The van der Waals surface area contributed by atoms with Crippen molar-refractivity contribution in [2.24, 2.45) is 46.3 Å². The van der Waals surface area contributed by atoms with Gasteiger partial charge in [0.1, 0.15) is 0 Å². The molecule has 0 radical (unpaired) electrons. The van der Waals surface area contributed by atoms with Gasteiger partial charge in [0.15, 0.2) is 0 Å². The van der Waals surface area contributed by atoms with E-state index < -0.39 is 6.41 Å². The van der Waals surface area contributed by atoms with E-state index in [0.717, 1.165) is 54.9 Å². The van der Waals surface area contributed by atoms with E-state index in [2.05, 4.69) is 46.0 Å². The molecule has 2 unspecified atom stereocenters. The van der Waals surface area contributed by atoms with Crippen LogP contribution in [0.5, 0.6) is 0 Å². The highest BCUT2D eigenvalue weighted by atomic mass is 16.6. The molecule has 0 aromatic rings. The lowest BCUT2D eigenvalue weighted by Crippen LogP contribution is -2.51. The molecule has 4 aliphatic carbocycles. The van der Waals surface area contributed by atoms with Gasteiger partial charge in [0.2, 0.25) is 6.41 Å². The summed E-state index contributed by atoms with van der Waals surface area (Å²) in [6.07, 6.45) is 16.2. The number of likely N-dealkylation sites (N-methyl/N-ethyl adjacent to an activating group) is 1. The van der Waals surface area contributed by atoms with Crippen molar-refractivity contribution in [3.63, 3.8) is 0 Å². The number of nitrogens with zero attached hydrogens (tertiary/aromatic N) is 1. The van der Waals surface area contributed by atoms with E-state index in [-0.39, 0.29) is 12.7 Å². The average molecular weight is 533 g/mol. The fourth-order valence-electron chi connectivity index (χ4n) is 9.66. The molecule has 0 spiro atoms. The van der Waals surface area contributed by atoms with Gasteiger partial charge in [-0.1, -0.05) is 65.5 Å². The van der Waals surface area contributed by atoms with E-state index in [9.17, 15) is 5.11 Å². The van der Waals surface area contributed by atoms with Crippen molar-refractivity contribution < 1.29 is 14.9 Å². The van der Waals surface area contributed by atoms with E-state index in [1.807, 2.05) is 11.9 Å². The van der Waals surface area contributed by atoms with E-state index in [0.29, 0.717) is 23.9 Å². The third-order valence-electron chi connectivity index (χ3n) is 11.9. The fraction of sp³-hybridized carbons (Fsp3) is 0.939. The molecule has 9 atom stereocenters. The molecule has 0 saturated heterocycles. The maximum absolute atomic E-state index is 10.5. The van der Waals surface area contributed by atoms with Crippen molar-refractivity contribution in [3.05, 3.63) is 11.6 Å². The average Bonchev–Trinajstić information content (AvgIpc) is 3.21. The minimum absolute atomic E-state index is 0.0972. The Morgan fingerprint density at radius 3 is 2.58 bits per heavy atom. The van der Waals surface area contributed by atoms with Gasteiger partial charge in [0.05, 0.1) is 12.7 Å². The Hall–Kier alpha value is -0.460. The SMILES string of the molecule is CC(C)CCC[C@@H](C)[C@H]1CC[C@H]2C3CC=C4C[C@@H](OC(O)NCCN(C)CCO)CC[C@]4(C)[C@H]3CC[C@]12C. The molecule has 5 nitrogen and oxygen atoms in total. The lowest BCUT2D eigenvalue weighted by Gasteiger charge is -2.58. The van der Waals surface area contributed by atoms with E-state index in [1.165, 1.54) is 57.8 Å². The van der Waals surface area contributed by atoms with Crippen LogP contribution in [0.1, 0.15) is 105 Å². The molecular weight excluding hydrogens is 472 g/mol. The maximum atomic E-state index is 10.5. The zero-order valence-electron chi connectivity index (χ0n) is 25.6. The molecule has 3 N–H and O–H groups in total. The van der Waals surface area contributed by atoms with Gasteiger partial charge in [0.25, 0.3) is 0 Å². The molecule has 5 heteroatoms. The second kappa shape index (κ2) is 13.0. The van der Waals surface area contributed by atoms with E-state index >= 15 is 0 Å². The number of hydrogen-bond donors (Lipinski definition) is 3. The first kappa shape index (κ1) is 30.5. The van der Waals surface area contributed by atoms with Gasteiger partial charge >= 0.3 is 0 Å². The summed E-state index contributed by atoms with van der Waals surface area (Å²) in [5.74, 6) is 5.20. The Kier molecular flexibility index (Phi) is 10.4. The molecule has 0 heterocycles. The summed E-state index contributed by atoms with van der Waals surface area (Å²) in [4.78, 5) is 2.05. The largest absolute Gasteiger partial charge is 0.395 e. The van der Waals surface area contributed by atoms with Crippen LogP contribution in [0.15, 0.2) is 11.6 Å². The van der Waals surface area contributed by atoms with Crippen molar-refractivity contribution in [1.82, 2.24) is 10.2 Å². The minimum Gasteiger partial charge on any atom is -0.395 e. The van der Waals surface area contributed by atoms with E-state index in [4.69, 9.17) is 9.84 Å². The van der Waals surface area contributed by atoms with Crippen LogP contribution < -0.4 is 5.32 Å². The van der Waals surface area contributed by atoms with Gasteiger partial charge in [-0.3, -0.25) is 5.32 Å². The summed E-state index contributed by atoms with van der Waals surface area (Å²) in [5.41, 5.74) is 2.47. The number of hydrogen-bond acceptors (Lipinski definition) is 5. The Morgan fingerprint density at radius 2 is 1.84 bits per heavy atom. The number of aliphatic hydroxyl groups is 2. The summed E-state index contributed by atoms with van der Waals surface area (Å²) in [5, 5.41) is 22.6. The van der Waals surface area contributed by atoms with Gasteiger partial charge in [-0.15, -0.1) is 0 Å². The predicted octanol–water partition coefficient (Wildman–Crippen LogP) is 6.20. The number of aliphatic hydroxyl groups excluding tert-OH is 2. The second-order valence-corrected chi connectivity index (χ2v) is 14.6. The molecule has 0 aliphatic heterocycles. The first-order valence-electron chi connectivity index (χ1n) is 16.1. The molecule has 0 aromatic carbocycles. The summed E-state index contributed by atoms with van der Waals surface area (Å²) >= 11 is 0. The van der Waals surface area contributed by atoms with Gasteiger partial charge in [0, 0.05) is 19.6 Å². The van der Waals surface area contributed by atoms with Crippen LogP contribution in [0.2, 0.25) is 0 Å². The van der Waals surface area contributed by atoms with Crippen molar-refractivity contribution >= 4 is 0 Å². The van der Waals surface area contributed by atoms with Crippen molar-refractivity contribution in [1.29, 1.82) is 0 Å². The summed E-state index contributed by atoms with van der Waals surface area (Å²) in [6.45, 7) is 14.8. The van der Waals surface area contributed by atoms with Crippen molar-refractivity contribution in [2.75, 3.05) is 33.3 Å². The lowest BCUT2D eigenvalue weighted by atomic mass is 9.47. The molecule has 4 aliphatic rings. The first-order chi connectivity index (χ1) is 18.1. The Morgan fingerprint density at radius 1 is 1.05 bits per heavy atom. The van der Waals surface area contributed by atoms with E-state index in [1.54, 1.807) is 5.57 Å². The van der Waals surface area contributed by atoms with Crippen LogP contribution in [0.25, 0.3) is 0 Å². The highest BCUT2D eigenvalue weighted by Gasteiger charge is 2.59. The monoisotopic (exact) mass is 532 g/mol. The Labute approximate surface area is 234 Å². The zero-order valence-corrected chi connectivity index (χ0v) is 25.6.